The van der Waals surface area contributed by atoms with Crippen molar-refractivity contribution in [1.29, 1.82) is 0 Å². The van der Waals surface area contributed by atoms with E-state index in [9.17, 15) is 4.79 Å². The molecule has 1 aromatic carbocycles. The van der Waals surface area contributed by atoms with E-state index in [1.807, 2.05) is 25.1 Å². The molecule has 2 rings (SSSR count). The normalized spacial score (nSPS) is 14.6. The van der Waals surface area contributed by atoms with E-state index in [2.05, 4.69) is 18.3 Å². The predicted molar refractivity (Wildman–Crippen MR) is 81.0 cm³/mol. The van der Waals surface area contributed by atoms with Crippen LogP contribution in [0.5, 0.6) is 5.75 Å². The number of ether oxygens (including phenoxy) is 1. The number of amides is 1. The van der Waals surface area contributed by atoms with Gasteiger partial charge in [-0.1, -0.05) is 17.7 Å². The summed E-state index contributed by atoms with van der Waals surface area (Å²) in [5, 5.41) is 2.92. The van der Waals surface area contributed by atoms with Crippen LogP contribution in [0.2, 0.25) is 0 Å². The van der Waals surface area contributed by atoms with Gasteiger partial charge in [0.1, 0.15) is 5.75 Å². The van der Waals surface area contributed by atoms with Crippen molar-refractivity contribution in [2.24, 2.45) is 0 Å². The summed E-state index contributed by atoms with van der Waals surface area (Å²) in [7, 11) is 0. The van der Waals surface area contributed by atoms with Gasteiger partial charge in [0.15, 0.2) is 6.61 Å². The molecule has 0 saturated carbocycles. The molecule has 108 valence electrons. The van der Waals surface area contributed by atoms with Crippen molar-refractivity contribution in [1.82, 2.24) is 5.32 Å². The van der Waals surface area contributed by atoms with E-state index in [0.717, 1.165) is 18.6 Å². The van der Waals surface area contributed by atoms with E-state index in [4.69, 9.17) is 4.74 Å². The summed E-state index contributed by atoms with van der Waals surface area (Å²) < 4.78 is 5.51. The van der Waals surface area contributed by atoms with E-state index in [1.165, 1.54) is 29.5 Å². The zero-order valence-electron chi connectivity index (χ0n) is 12.4. The Morgan fingerprint density at radius 2 is 2.10 bits per heavy atom. The lowest BCUT2D eigenvalue weighted by atomic mass is 10.00. The molecule has 3 nitrogen and oxygen atoms in total. The van der Waals surface area contributed by atoms with Gasteiger partial charge >= 0.3 is 0 Å². The molecule has 1 aromatic rings. The number of hydrogen-bond acceptors (Lipinski definition) is 2. The van der Waals surface area contributed by atoms with Crippen LogP contribution in [-0.2, 0) is 4.79 Å². The third-order valence-electron chi connectivity index (χ3n) is 3.75. The number of aryl methyl sites for hydroxylation is 2. The summed E-state index contributed by atoms with van der Waals surface area (Å²) in [5.41, 5.74) is 3.75. The van der Waals surface area contributed by atoms with Gasteiger partial charge in [0.2, 0.25) is 0 Å². The van der Waals surface area contributed by atoms with Gasteiger partial charge in [-0.2, -0.15) is 0 Å². The maximum Gasteiger partial charge on any atom is 0.258 e. The fourth-order valence-electron chi connectivity index (χ4n) is 2.28. The van der Waals surface area contributed by atoms with Crippen LogP contribution in [0, 0.1) is 13.8 Å². The molecule has 0 spiro atoms. The summed E-state index contributed by atoms with van der Waals surface area (Å²) in [6.07, 6.45) is 7.00. The Bertz CT molecular complexity index is 506. The minimum atomic E-state index is -0.0605. The lowest BCUT2D eigenvalue weighted by Crippen LogP contribution is -2.30. The molecule has 0 fully saturated rings. The summed E-state index contributed by atoms with van der Waals surface area (Å²) in [5.74, 6) is 0.690. The Kier molecular flexibility index (Phi) is 5.22. The third kappa shape index (κ3) is 4.41. The van der Waals surface area contributed by atoms with Gasteiger partial charge in [0.25, 0.3) is 5.91 Å². The second kappa shape index (κ2) is 7.13. The van der Waals surface area contributed by atoms with Crippen LogP contribution in [0.3, 0.4) is 0 Å². The molecule has 0 saturated heterocycles. The maximum absolute atomic E-state index is 11.7. The highest BCUT2D eigenvalue weighted by atomic mass is 16.5. The Morgan fingerprint density at radius 3 is 2.80 bits per heavy atom. The molecule has 1 N–H and O–H groups in total. The van der Waals surface area contributed by atoms with E-state index in [0.29, 0.717) is 6.54 Å². The Hall–Kier alpha value is -1.77. The highest BCUT2D eigenvalue weighted by molar-refractivity contribution is 5.77. The van der Waals surface area contributed by atoms with Gasteiger partial charge in [-0.15, -0.1) is 0 Å². The van der Waals surface area contributed by atoms with Crippen molar-refractivity contribution in [2.75, 3.05) is 13.2 Å². The first-order valence-electron chi connectivity index (χ1n) is 7.30. The molecular weight excluding hydrogens is 250 g/mol. The molecule has 0 aliphatic heterocycles. The SMILES string of the molecule is Cc1ccc(OCC(=O)NCC2=CCCCC2)cc1C. The van der Waals surface area contributed by atoms with Gasteiger partial charge in [-0.05, 0) is 62.8 Å². The zero-order chi connectivity index (χ0) is 14.4. The summed E-state index contributed by atoms with van der Waals surface area (Å²) in [4.78, 5) is 11.7. The van der Waals surface area contributed by atoms with E-state index in [-0.39, 0.29) is 12.5 Å². The quantitative estimate of drug-likeness (QED) is 0.836. The molecule has 0 bridgehead atoms. The smallest absolute Gasteiger partial charge is 0.258 e. The standard InChI is InChI=1S/C17H23NO2/c1-13-8-9-16(10-14(13)2)20-12-17(19)18-11-15-6-4-3-5-7-15/h6,8-10H,3-5,7,11-12H2,1-2H3,(H,18,19). The minimum Gasteiger partial charge on any atom is -0.484 e. The number of benzene rings is 1. The molecular formula is C17H23NO2. The monoisotopic (exact) mass is 273 g/mol. The highest BCUT2D eigenvalue weighted by Gasteiger charge is 2.07. The molecule has 0 radical (unpaired) electrons. The number of hydrogen-bond donors (Lipinski definition) is 1. The summed E-state index contributed by atoms with van der Waals surface area (Å²) in [6.45, 7) is 4.84. The lowest BCUT2D eigenvalue weighted by Gasteiger charge is -2.13. The van der Waals surface area contributed by atoms with Crippen molar-refractivity contribution in [3.8, 4) is 5.75 Å². The average Bonchev–Trinajstić information content (AvgIpc) is 2.47. The molecule has 20 heavy (non-hydrogen) atoms. The predicted octanol–water partition coefficient (Wildman–Crippen LogP) is 3.30. The highest BCUT2D eigenvalue weighted by Crippen LogP contribution is 2.17. The van der Waals surface area contributed by atoms with Gasteiger partial charge in [0.05, 0.1) is 0 Å². The van der Waals surface area contributed by atoms with Crippen molar-refractivity contribution in [3.63, 3.8) is 0 Å². The second-order valence-corrected chi connectivity index (χ2v) is 5.42. The van der Waals surface area contributed by atoms with Crippen molar-refractivity contribution < 1.29 is 9.53 Å². The number of nitrogens with one attached hydrogen (secondary N) is 1. The first-order valence-corrected chi connectivity index (χ1v) is 7.30. The van der Waals surface area contributed by atoms with Crippen LogP contribution in [-0.4, -0.2) is 19.1 Å². The van der Waals surface area contributed by atoms with Gasteiger partial charge in [0, 0.05) is 6.54 Å². The van der Waals surface area contributed by atoms with Crippen molar-refractivity contribution in [3.05, 3.63) is 41.0 Å². The third-order valence-corrected chi connectivity index (χ3v) is 3.75. The van der Waals surface area contributed by atoms with Crippen LogP contribution in [0.25, 0.3) is 0 Å². The topological polar surface area (TPSA) is 38.3 Å². The van der Waals surface area contributed by atoms with E-state index in [1.54, 1.807) is 0 Å². The minimum absolute atomic E-state index is 0.0605. The zero-order valence-corrected chi connectivity index (χ0v) is 12.4. The van der Waals surface area contributed by atoms with Gasteiger partial charge < -0.3 is 10.1 Å². The summed E-state index contributed by atoms with van der Waals surface area (Å²) >= 11 is 0. The van der Waals surface area contributed by atoms with Crippen molar-refractivity contribution in [2.45, 2.75) is 39.5 Å². The fraction of sp³-hybridized carbons (Fsp3) is 0.471. The van der Waals surface area contributed by atoms with Crippen LogP contribution in [0.15, 0.2) is 29.8 Å². The first-order chi connectivity index (χ1) is 9.65. The van der Waals surface area contributed by atoms with Gasteiger partial charge in [-0.3, -0.25) is 4.79 Å². The van der Waals surface area contributed by atoms with Crippen LogP contribution < -0.4 is 10.1 Å². The Labute approximate surface area is 121 Å². The van der Waals surface area contributed by atoms with Crippen LogP contribution in [0.1, 0.15) is 36.8 Å². The van der Waals surface area contributed by atoms with Crippen LogP contribution in [0.4, 0.5) is 0 Å². The molecule has 1 aliphatic carbocycles. The largest absolute Gasteiger partial charge is 0.484 e. The molecule has 3 heteroatoms. The maximum atomic E-state index is 11.7. The Balaban J connectivity index is 1.74. The molecule has 0 aromatic heterocycles. The average molecular weight is 273 g/mol. The second-order valence-electron chi connectivity index (χ2n) is 5.42. The first kappa shape index (κ1) is 14.6. The summed E-state index contributed by atoms with van der Waals surface area (Å²) in [6, 6.07) is 5.88. The molecule has 0 heterocycles. The van der Waals surface area contributed by atoms with E-state index < -0.39 is 0 Å². The number of carbonyl (C=O) groups is 1. The molecule has 1 aliphatic rings. The lowest BCUT2D eigenvalue weighted by molar-refractivity contribution is -0.122. The number of rotatable bonds is 5. The molecule has 0 unspecified atom stereocenters. The fourth-order valence-corrected chi connectivity index (χ4v) is 2.28. The number of carbonyl (C=O) groups excluding carboxylic acids is 1. The Morgan fingerprint density at radius 1 is 1.25 bits per heavy atom. The van der Waals surface area contributed by atoms with Crippen LogP contribution >= 0.6 is 0 Å². The van der Waals surface area contributed by atoms with Gasteiger partial charge in [-0.25, -0.2) is 0 Å². The van der Waals surface area contributed by atoms with Crippen molar-refractivity contribution >= 4 is 5.91 Å². The number of allylic oxidation sites excluding steroid dienone is 1. The molecule has 1 amide bonds. The van der Waals surface area contributed by atoms with E-state index >= 15 is 0 Å². The molecule has 0 atom stereocenters.